The van der Waals surface area contributed by atoms with Gasteiger partial charge in [-0.2, -0.15) is 8.75 Å². The molecule has 0 N–H and O–H groups in total. The van der Waals surface area contributed by atoms with Crippen LogP contribution in [-0.4, -0.2) is 88.0 Å². The number of aromatic nitrogens is 2. The number of benzene rings is 1. The summed E-state index contributed by atoms with van der Waals surface area (Å²) < 4.78 is 64.9. The molecule has 0 amide bonds. The number of hydrogen-bond acceptors (Lipinski definition) is 13. The van der Waals surface area contributed by atoms with E-state index in [0.717, 1.165) is 104 Å². The molecule has 6 rings (SSSR count). The molecule has 0 spiro atoms. The SMILES string of the molecule is CCCCC(CC)COCC1(COCC(CC)CCCC)COc2c(C)sc(-c3sc(-c4ccc(C)c5nsnc45)c4c3OCC(COCC(CC)CCCC)(COCC(CC)CCCC)CO4)c2OC1. The Labute approximate surface area is 441 Å². The van der Waals surface area contributed by atoms with Crippen molar-refractivity contribution in [2.45, 2.75) is 172 Å². The summed E-state index contributed by atoms with van der Waals surface area (Å²) >= 11 is 4.61. The zero-order valence-corrected chi connectivity index (χ0v) is 48.1. The molecule has 0 saturated carbocycles. The second-order valence-electron chi connectivity index (χ2n) is 21.3. The van der Waals surface area contributed by atoms with Crippen LogP contribution in [0.25, 0.3) is 31.2 Å². The minimum absolute atomic E-state index is 0.387. The molecule has 3 aromatic heterocycles. The largest absolute Gasteiger partial charge is 0.488 e. The lowest BCUT2D eigenvalue weighted by Crippen LogP contribution is -2.43. The van der Waals surface area contributed by atoms with Gasteiger partial charge in [0, 0.05) is 36.9 Å². The fourth-order valence-corrected chi connectivity index (χ4v) is 12.9. The van der Waals surface area contributed by atoms with Crippen LogP contribution in [0.1, 0.15) is 169 Å². The molecule has 0 radical (unpaired) electrons. The highest BCUT2D eigenvalue weighted by Crippen LogP contribution is 2.60. The van der Waals surface area contributed by atoms with E-state index in [-0.39, 0.29) is 0 Å². The molecule has 0 bridgehead atoms. The zero-order valence-electron chi connectivity index (χ0n) is 45.6. The van der Waals surface area contributed by atoms with Crippen molar-refractivity contribution in [3.8, 4) is 43.2 Å². The monoisotopic (exact) mass is 1040 g/mol. The van der Waals surface area contributed by atoms with E-state index in [9.17, 15) is 0 Å². The summed E-state index contributed by atoms with van der Waals surface area (Å²) in [5.74, 6) is 5.08. The molecule has 71 heavy (non-hydrogen) atoms. The standard InChI is InChI=1S/C58H92N2O8S3/c1-11-19-23-43(15-5)29-61-33-57(34-62-30-44(16-6)24-20-12-2)37-65-50-42(10)69-55(51(50)66-38-57)56-53-52(54(70-56)47-28-27-41(9)48-49(47)60-71-59-48)67-39-58(40-68-53,35-63-31-45(17-7)25-21-13-3)36-64-32-46(18-8)26-22-14-4/h27-28,43-46H,11-26,29-40H2,1-10H3. The van der Waals surface area contributed by atoms with Crippen LogP contribution in [0.2, 0.25) is 0 Å². The number of fused-ring (bicyclic) bond motifs is 3. The van der Waals surface area contributed by atoms with E-state index in [0.29, 0.717) is 89.7 Å². The second-order valence-corrected chi connectivity index (χ2v) is 24.1. The van der Waals surface area contributed by atoms with Crippen LogP contribution in [0.4, 0.5) is 0 Å². The fraction of sp³-hybridized carbons (Fsp3) is 0.759. The van der Waals surface area contributed by atoms with Crippen molar-refractivity contribution < 1.29 is 37.9 Å². The molecular weight excluding hydrogens is 949 g/mol. The fourth-order valence-electron chi connectivity index (χ4n) is 9.88. The van der Waals surface area contributed by atoms with E-state index in [2.05, 4.69) is 81.4 Å². The Morgan fingerprint density at radius 1 is 0.479 bits per heavy atom. The van der Waals surface area contributed by atoms with Crippen molar-refractivity contribution in [2.24, 2.45) is 34.5 Å². The maximum atomic E-state index is 7.23. The smallest absolute Gasteiger partial charge is 0.181 e. The Kier molecular flexibility index (Phi) is 24.0. The third kappa shape index (κ3) is 15.5. The number of thiophene rings is 2. The summed E-state index contributed by atoms with van der Waals surface area (Å²) in [4.78, 5) is 3.96. The molecule has 4 aromatic rings. The van der Waals surface area contributed by atoms with Crippen molar-refractivity contribution in [3.05, 3.63) is 22.6 Å². The van der Waals surface area contributed by atoms with Crippen molar-refractivity contribution >= 4 is 45.4 Å². The van der Waals surface area contributed by atoms with Crippen LogP contribution in [0.15, 0.2) is 12.1 Å². The average Bonchev–Trinajstić information content (AvgIpc) is 4.03. The van der Waals surface area contributed by atoms with Crippen molar-refractivity contribution in [2.75, 3.05) is 79.3 Å². The van der Waals surface area contributed by atoms with Crippen LogP contribution in [0, 0.1) is 48.3 Å². The first-order valence-corrected chi connectivity index (χ1v) is 30.3. The van der Waals surface area contributed by atoms with Crippen molar-refractivity contribution in [1.29, 1.82) is 0 Å². The summed E-state index contributed by atoms with van der Waals surface area (Å²) in [5.41, 5.74) is 2.83. The maximum absolute atomic E-state index is 7.23. The molecule has 13 heteroatoms. The first kappa shape index (κ1) is 57.8. The highest BCUT2D eigenvalue weighted by atomic mass is 32.1. The minimum Gasteiger partial charge on any atom is -0.488 e. The van der Waals surface area contributed by atoms with E-state index in [1.54, 1.807) is 22.7 Å². The van der Waals surface area contributed by atoms with Crippen molar-refractivity contribution in [3.63, 3.8) is 0 Å². The summed E-state index contributed by atoms with van der Waals surface area (Å²) in [5, 5.41) is 0. The molecule has 1 aromatic carbocycles. The molecule has 2 aliphatic rings. The molecule has 5 heterocycles. The van der Waals surface area contributed by atoms with Gasteiger partial charge in [-0.3, -0.25) is 0 Å². The maximum Gasteiger partial charge on any atom is 0.181 e. The predicted molar refractivity (Wildman–Crippen MR) is 297 cm³/mol. The molecule has 400 valence electrons. The van der Waals surface area contributed by atoms with Crippen molar-refractivity contribution in [1.82, 2.24) is 8.75 Å². The number of unbranched alkanes of at least 4 members (excludes halogenated alkanes) is 4. The third-order valence-corrected chi connectivity index (χ3v) is 18.1. The van der Waals surface area contributed by atoms with Crippen LogP contribution in [-0.2, 0) is 18.9 Å². The van der Waals surface area contributed by atoms with Gasteiger partial charge < -0.3 is 37.9 Å². The summed E-state index contributed by atoms with van der Waals surface area (Å²) in [6.45, 7) is 28.9. The Morgan fingerprint density at radius 2 is 0.845 bits per heavy atom. The first-order chi connectivity index (χ1) is 34.6. The van der Waals surface area contributed by atoms with Gasteiger partial charge in [0.25, 0.3) is 0 Å². The summed E-state index contributed by atoms with van der Waals surface area (Å²) in [6.07, 6.45) is 18.8. The van der Waals surface area contributed by atoms with E-state index in [1.165, 1.54) is 88.8 Å². The molecule has 2 aliphatic heterocycles. The quantitative estimate of drug-likeness (QED) is 0.0450. The summed E-state index contributed by atoms with van der Waals surface area (Å²) in [6, 6.07) is 4.30. The number of aryl methyl sites for hydroxylation is 2. The highest BCUT2D eigenvalue weighted by molar-refractivity contribution is 7.25. The average molecular weight is 1040 g/mol. The van der Waals surface area contributed by atoms with Gasteiger partial charge in [0.05, 0.1) is 63.6 Å². The first-order valence-electron chi connectivity index (χ1n) is 28.0. The number of ether oxygens (including phenoxy) is 8. The topological polar surface area (TPSA) is 99.6 Å². The minimum atomic E-state index is -0.537. The molecule has 0 fully saturated rings. The van der Waals surface area contributed by atoms with Gasteiger partial charge in [0.2, 0.25) is 0 Å². The summed E-state index contributed by atoms with van der Waals surface area (Å²) in [7, 11) is 0. The number of rotatable bonds is 34. The van der Waals surface area contributed by atoms with Gasteiger partial charge >= 0.3 is 0 Å². The second kappa shape index (κ2) is 29.5. The molecule has 0 aliphatic carbocycles. The van der Waals surface area contributed by atoms with Gasteiger partial charge in [-0.25, -0.2) is 0 Å². The van der Waals surface area contributed by atoms with Gasteiger partial charge in [0.1, 0.15) is 37.5 Å². The molecule has 0 saturated heterocycles. The number of hydrogen-bond donors (Lipinski definition) is 0. The molecular formula is C58H92N2O8S3. The van der Waals surface area contributed by atoms with E-state index in [1.807, 2.05) is 0 Å². The van der Waals surface area contributed by atoms with Crippen LogP contribution < -0.4 is 18.9 Å². The van der Waals surface area contributed by atoms with Crippen LogP contribution in [0.5, 0.6) is 23.0 Å². The normalized spacial score (nSPS) is 19.7. The van der Waals surface area contributed by atoms with Gasteiger partial charge in [-0.15, -0.1) is 22.7 Å². The van der Waals surface area contributed by atoms with Crippen LogP contribution >= 0.6 is 34.4 Å². The lowest BCUT2D eigenvalue weighted by molar-refractivity contribution is -0.0717. The van der Waals surface area contributed by atoms with Gasteiger partial charge in [0.15, 0.2) is 23.0 Å². The third-order valence-electron chi connectivity index (χ3n) is 15.2. The molecule has 10 nitrogen and oxygen atoms in total. The Morgan fingerprint density at radius 3 is 1.25 bits per heavy atom. The Bertz CT molecular complexity index is 2110. The molecule has 4 atom stereocenters. The lowest BCUT2D eigenvalue weighted by atomic mass is 9.91. The van der Waals surface area contributed by atoms with E-state index >= 15 is 0 Å². The van der Waals surface area contributed by atoms with Crippen LogP contribution in [0.3, 0.4) is 0 Å². The predicted octanol–water partition coefficient (Wildman–Crippen LogP) is 16.2. The Balaban J connectivity index is 1.35. The molecule has 4 unspecified atom stereocenters. The van der Waals surface area contributed by atoms with E-state index in [4.69, 9.17) is 46.6 Å². The zero-order chi connectivity index (χ0) is 50.6. The van der Waals surface area contributed by atoms with Gasteiger partial charge in [-0.1, -0.05) is 145 Å². The van der Waals surface area contributed by atoms with Gasteiger partial charge in [-0.05, 0) is 68.8 Å². The Hall–Kier alpha value is -2.52. The lowest BCUT2D eigenvalue weighted by Gasteiger charge is -2.32. The van der Waals surface area contributed by atoms with E-state index < -0.39 is 10.8 Å². The highest BCUT2D eigenvalue weighted by Gasteiger charge is 2.43. The number of nitrogens with zero attached hydrogens (tertiary/aromatic N) is 2.